The summed E-state index contributed by atoms with van der Waals surface area (Å²) >= 11 is 0. The molecule has 0 saturated carbocycles. The maximum atomic E-state index is 9.57. The normalized spacial score (nSPS) is 29.8. The Morgan fingerprint density at radius 2 is 1.89 bits per heavy atom. The summed E-state index contributed by atoms with van der Waals surface area (Å²) in [6.07, 6.45) is 3.71. The third kappa shape index (κ3) is 7.78. The van der Waals surface area contributed by atoms with Crippen LogP contribution in [0.1, 0.15) is 39.0 Å². The molecule has 114 valence electrons. The van der Waals surface area contributed by atoms with Gasteiger partial charge >= 0.3 is 0 Å². The third-order valence-electron chi connectivity index (χ3n) is 3.38. The zero-order chi connectivity index (χ0) is 13.9. The molecule has 2 N–H and O–H groups in total. The van der Waals surface area contributed by atoms with Crippen molar-refractivity contribution in [1.82, 2.24) is 0 Å². The van der Waals surface area contributed by atoms with E-state index in [9.17, 15) is 5.11 Å². The smallest absolute Gasteiger partial charge is 0.0883 e. The van der Waals surface area contributed by atoms with Crippen LogP contribution in [0.2, 0.25) is 0 Å². The van der Waals surface area contributed by atoms with Gasteiger partial charge in [0.25, 0.3) is 0 Å². The van der Waals surface area contributed by atoms with Crippen LogP contribution < -0.4 is 0 Å². The van der Waals surface area contributed by atoms with Gasteiger partial charge in [-0.25, -0.2) is 9.78 Å². The molecule has 1 fully saturated rings. The van der Waals surface area contributed by atoms with Gasteiger partial charge in [0.15, 0.2) is 0 Å². The lowest BCUT2D eigenvalue weighted by atomic mass is 9.85. The first-order chi connectivity index (χ1) is 9.24. The lowest BCUT2D eigenvalue weighted by Crippen LogP contribution is -2.24. The molecular weight excluding hydrogens is 256 g/mol. The molecule has 7 heteroatoms. The van der Waals surface area contributed by atoms with Gasteiger partial charge in [0.2, 0.25) is 0 Å². The fourth-order valence-electron chi connectivity index (χ4n) is 2.16. The van der Waals surface area contributed by atoms with Crippen LogP contribution in [-0.4, -0.2) is 36.1 Å². The Morgan fingerprint density at radius 3 is 2.68 bits per heavy atom. The number of aliphatic hydroxyl groups is 2. The first-order valence-electron chi connectivity index (χ1n) is 6.77. The Morgan fingerprint density at radius 1 is 1.11 bits per heavy atom. The van der Waals surface area contributed by atoms with Crippen molar-refractivity contribution in [2.24, 2.45) is 11.8 Å². The summed E-state index contributed by atoms with van der Waals surface area (Å²) in [7, 11) is 0. The Hall–Kier alpha value is -0.280. The van der Waals surface area contributed by atoms with Gasteiger partial charge in [-0.1, -0.05) is 26.2 Å². The van der Waals surface area contributed by atoms with Crippen molar-refractivity contribution in [2.75, 3.05) is 19.8 Å². The average molecular weight is 280 g/mol. The molecule has 0 bridgehead atoms. The summed E-state index contributed by atoms with van der Waals surface area (Å²) in [4.78, 5) is 9.52. The number of hydrogen-bond acceptors (Lipinski definition) is 7. The number of hydrogen-bond donors (Lipinski definition) is 2. The molecule has 3 unspecified atom stereocenters. The molecule has 0 aromatic rings. The first-order valence-corrected chi connectivity index (χ1v) is 6.77. The van der Waals surface area contributed by atoms with Gasteiger partial charge in [-0.15, -0.1) is 0 Å². The summed E-state index contributed by atoms with van der Waals surface area (Å²) in [5, 5.41) is 31.3. The number of rotatable bonds is 3. The second-order valence-corrected chi connectivity index (χ2v) is 4.97. The maximum absolute atomic E-state index is 9.57. The van der Waals surface area contributed by atoms with Gasteiger partial charge in [0.1, 0.15) is 0 Å². The fraction of sp³-hybridized carbons (Fsp3) is 1.00. The van der Waals surface area contributed by atoms with E-state index in [0.29, 0.717) is 19.6 Å². The molecule has 0 radical (unpaired) electrons. The average Bonchev–Trinajstić information content (AvgIpc) is 2.43. The molecule has 1 aliphatic heterocycles. The highest BCUT2D eigenvalue weighted by Gasteiger charge is 2.21. The predicted octanol–water partition coefficient (Wildman–Crippen LogP) is 1.30. The van der Waals surface area contributed by atoms with Crippen molar-refractivity contribution < 1.29 is 35.1 Å². The van der Waals surface area contributed by atoms with E-state index in [1.54, 1.807) is 0 Å². The predicted molar refractivity (Wildman–Crippen MR) is 64.0 cm³/mol. The molecule has 0 aromatic carbocycles. The zero-order valence-electron chi connectivity index (χ0n) is 11.3. The molecular formula is C12H24O7. The monoisotopic (exact) mass is 280 g/mol. The van der Waals surface area contributed by atoms with E-state index in [-0.39, 0.29) is 18.4 Å². The van der Waals surface area contributed by atoms with Crippen LogP contribution in [-0.2, 0) is 24.9 Å². The molecule has 0 aliphatic carbocycles. The van der Waals surface area contributed by atoms with Gasteiger partial charge in [-0.2, -0.15) is 0 Å². The van der Waals surface area contributed by atoms with Crippen molar-refractivity contribution in [1.29, 1.82) is 0 Å². The summed E-state index contributed by atoms with van der Waals surface area (Å²) in [5.41, 5.74) is 0. The molecule has 1 aliphatic rings. The van der Waals surface area contributed by atoms with E-state index in [1.165, 1.54) is 0 Å². The lowest BCUT2D eigenvalue weighted by Gasteiger charge is -2.24. The Kier molecular flexibility index (Phi) is 9.27. The van der Waals surface area contributed by atoms with Crippen molar-refractivity contribution >= 4 is 0 Å². The van der Waals surface area contributed by atoms with Crippen LogP contribution in [0.25, 0.3) is 0 Å². The molecule has 1 heterocycles. The highest BCUT2D eigenvalue weighted by atomic mass is 17.8. The van der Waals surface area contributed by atoms with Gasteiger partial charge in [-0.05, 0) is 39.8 Å². The summed E-state index contributed by atoms with van der Waals surface area (Å²) in [6.45, 7) is 2.52. The fourth-order valence-corrected chi connectivity index (χ4v) is 2.16. The van der Waals surface area contributed by atoms with E-state index in [0.717, 1.165) is 25.7 Å². The third-order valence-corrected chi connectivity index (χ3v) is 3.38. The molecule has 3 atom stereocenters. The highest BCUT2D eigenvalue weighted by Crippen LogP contribution is 2.25. The topological polar surface area (TPSA) is 86.6 Å². The zero-order valence-corrected chi connectivity index (χ0v) is 11.3. The minimum Gasteiger partial charge on any atom is -0.394 e. The van der Waals surface area contributed by atoms with E-state index in [2.05, 4.69) is 20.0 Å². The van der Waals surface area contributed by atoms with Crippen LogP contribution in [0.15, 0.2) is 0 Å². The summed E-state index contributed by atoms with van der Waals surface area (Å²) in [6, 6.07) is 0. The standard InChI is InChI=1S/C12H24O7/c1-10-9-16-18-19-17-15-6-4-2-3-5-11(10)7-12(14)8-13/h10-14H,2-9H2,1H3. The number of aliphatic hydroxyl groups excluding tert-OH is 2. The molecule has 1 saturated heterocycles. The van der Waals surface area contributed by atoms with Crippen LogP contribution in [0, 0.1) is 11.8 Å². The van der Waals surface area contributed by atoms with Gasteiger partial charge in [0, 0.05) is 0 Å². The molecule has 19 heavy (non-hydrogen) atoms. The molecule has 7 nitrogen and oxygen atoms in total. The van der Waals surface area contributed by atoms with Gasteiger partial charge in [-0.3, -0.25) is 0 Å². The van der Waals surface area contributed by atoms with Crippen molar-refractivity contribution in [3.8, 4) is 0 Å². The van der Waals surface area contributed by atoms with Crippen molar-refractivity contribution in [3.63, 3.8) is 0 Å². The Balaban J connectivity index is 2.42. The second-order valence-electron chi connectivity index (χ2n) is 4.97. The van der Waals surface area contributed by atoms with Crippen LogP contribution >= 0.6 is 0 Å². The van der Waals surface area contributed by atoms with Crippen LogP contribution in [0.3, 0.4) is 0 Å². The van der Waals surface area contributed by atoms with E-state index in [1.807, 2.05) is 6.92 Å². The van der Waals surface area contributed by atoms with Crippen LogP contribution in [0.4, 0.5) is 0 Å². The van der Waals surface area contributed by atoms with Gasteiger partial charge < -0.3 is 10.2 Å². The minimum absolute atomic E-state index is 0.173. The Labute approximate surface area is 113 Å². The minimum atomic E-state index is -0.688. The van der Waals surface area contributed by atoms with E-state index >= 15 is 0 Å². The van der Waals surface area contributed by atoms with E-state index in [4.69, 9.17) is 9.99 Å². The maximum Gasteiger partial charge on any atom is 0.0883 e. The SMILES string of the molecule is CC1COOOOOCCCCCC1CC(O)CO. The molecule has 0 spiro atoms. The van der Waals surface area contributed by atoms with Crippen molar-refractivity contribution in [2.45, 2.75) is 45.1 Å². The van der Waals surface area contributed by atoms with Gasteiger partial charge in [0.05, 0.1) is 25.9 Å². The summed E-state index contributed by atoms with van der Waals surface area (Å²) in [5.74, 6) is 0.430. The quantitative estimate of drug-likeness (QED) is 0.753. The lowest BCUT2D eigenvalue weighted by molar-refractivity contribution is -0.709. The van der Waals surface area contributed by atoms with Crippen LogP contribution in [0.5, 0.6) is 0 Å². The second kappa shape index (κ2) is 10.5. The van der Waals surface area contributed by atoms with Crippen molar-refractivity contribution in [3.05, 3.63) is 0 Å². The first kappa shape index (κ1) is 16.8. The largest absolute Gasteiger partial charge is 0.394 e. The molecule has 0 aromatic heterocycles. The summed E-state index contributed by atoms with van der Waals surface area (Å²) < 4.78 is 0. The molecule has 0 amide bonds. The van der Waals surface area contributed by atoms with E-state index < -0.39 is 6.10 Å². The molecule has 1 rings (SSSR count). The highest BCUT2D eigenvalue weighted by molar-refractivity contribution is 4.70. The Bertz CT molecular complexity index is 214.